The van der Waals surface area contributed by atoms with Crippen molar-refractivity contribution in [2.24, 2.45) is 0 Å². The number of halogens is 4. The van der Waals surface area contributed by atoms with E-state index in [2.05, 4.69) is 21.5 Å². The van der Waals surface area contributed by atoms with E-state index in [4.69, 9.17) is 46.4 Å². The summed E-state index contributed by atoms with van der Waals surface area (Å²) in [5, 5.41) is 10.4. The second-order valence-electron chi connectivity index (χ2n) is 7.31. The van der Waals surface area contributed by atoms with Gasteiger partial charge in [0.2, 0.25) is 5.95 Å². The van der Waals surface area contributed by atoms with Crippen LogP contribution in [0.3, 0.4) is 0 Å². The Morgan fingerprint density at radius 3 is 2.50 bits per heavy atom. The van der Waals surface area contributed by atoms with Crippen LogP contribution in [0.5, 0.6) is 0 Å². The van der Waals surface area contributed by atoms with E-state index in [1.165, 1.54) is 11.1 Å². The third kappa shape index (κ3) is 3.52. The second kappa shape index (κ2) is 7.93. The molecule has 0 radical (unpaired) electrons. The van der Waals surface area contributed by atoms with E-state index in [-0.39, 0.29) is 6.04 Å². The summed E-state index contributed by atoms with van der Waals surface area (Å²) in [6.45, 7) is 0. The minimum absolute atomic E-state index is 0.145. The molecule has 0 fully saturated rings. The second-order valence-corrected chi connectivity index (χ2v) is 9.00. The van der Waals surface area contributed by atoms with Crippen molar-refractivity contribution in [3.05, 3.63) is 90.8 Å². The maximum absolute atomic E-state index is 6.60. The van der Waals surface area contributed by atoms with Gasteiger partial charge in [0.1, 0.15) is 12.4 Å². The molecule has 0 bridgehead atoms. The minimum atomic E-state index is -0.145. The molecule has 0 spiro atoms. The molecular formula is C22H16Cl4N4. The van der Waals surface area contributed by atoms with Gasteiger partial charge in [-0.2, -0.15) is 10.1 Å². The van der Waals surface area contributed by atoms with Crippen LogP contribution in [-0.2, 0) is 0 Å². The lowest BCUT2D eigenvalue weighted by molar-refractivity contribution is 0.538. The summed E-state index contributed by atoms with van der Waals surface area (Å²) in [5.41, 5.74) is 5.33. The highest BCUT2D eigenvalue weighted by Gasteiger charge is 2.34. The van der Waals surface area contributed by atoms with Gasteiger partial charge >= 0.3 is 0 Å². The van der Waals surface area contributed by atoms with Crippen LogP contribution in [0.15, 0.2) is 59.6 Å². The first kappa shape index (κ1) is 20.0. The van der Waals surface area contributed by atoms with Crippen molar-refractivity contribution in [3.8, 4) is 0 Å². The summed E-state index contributed by atoms with van der Waals surface area (Å²) < 4.78 is 1.88. The first-order valence-corrected chi connectivity index (χ1v) is 11.0. The summed E-state index contributed by atoms with van der Waals surface area (Å²) >= 11 is 25.2. The van der Waals surface area contributed by atoms with Crippen LogP contribution >= 0.6 is 46.4 Å². The SMILES string of the molecule is Clc1ccc(C=C2CCCC3=C2Nc2ncnn2C3c2ccc(Cl)cc2Cl)c(Cl)c1. The predicted molar refractivity (Wildman–Crippen MR) is 124 cm³/mol. The first-order valence-electron chi connectivity index (χ1n) is 9.52. The number of allylic oxidation sites excluding steroid dienone is 2. The van der Waals surface area contributed by atoms with Gasteiger partial charge in [-0.1, -0.05) is 58.5 Å². The van der Waals surface area contributed by atoms with Crippen molar-refractivity contribution in [3.63, 3.8) is 0 Å². The average molecular weight is 478 g/mol. The van der Waals surface area contributed by atoms with Crippen LogP contribution in [-0.4, -0.2) is 14.8 Å². The summed E-state index contributed by atoms with van der Waals surface area (Å²) in [4.78, 5) is 4.41. The van der Waals surface area contributed by atoms with Gasteiger partial charge in [0, 0.05) is 25.8 Å². The molecule has 5 rings (SSSR count). The Labute approximate surface area is 194 Å². The Bertz CT molecular complexity index is 1210. The Hall–Kier alpha value is -1.98. The highest BCUT2D eigenvalue weighted by molar-refractivity contribution is 6.36. The molecule has 1 N–H and O–H groups in total. The van der Waals surface area contributed by atoms with Crippen molar-refractivity contribution in [1.82, 2.24) is 14.8 Å². The fourth-order valence-corrected chi connectivity index (χ4v) is 5.12. The molecule has 1 aliphatic carbocycles. The number of nitrogens with zero attached hydrogens (tertiary/aromatic N) is 3. The lowest BCUT2D eigenvalue weighted by Gasteiger charge is -2.35. The van der Waals surface area contributed by atoms with Gasteiger partial charge in [-0.05, 0) is 71.9 Å². The average Bonchev–Trinajstić information content (AvgIpc) is 3.17. The normalized spacial score (nSPS) is 19.5. The van der Waals surface area contributed by atoms with Crippen molar-refractivity contribution in [2.75, 3.05) is 5.32 Å². The summed E-state index contributed by atoms with van der Waals surface area (Å²) in [5.74, 6) is 0.680. The number of anilines is 1. The van der Waals surface area contributed by atoms with E-state index < -0.39 is 0 Å². The summed E-state index contributed by atoms with van der Waals surface area (Å²) in [6, 6.07) is 11.0. The highest BCUT2D eigenvalue weighted by atomic mass is 35.5. The summed E-state index contributed by atoms with van der Waals surface area (Å²) in [7, 11) is 0. The number of nitrogens with one attached hydrogen (secondary N) is 1. The van der Waals surface area contributed by atoms with E-state index in [9.17, 15) is 0 Å². The monoisotopic (exact) mass is 476 g/mol. The van der Waals surface area contributed by atoms with Crippen molar-refractivity contribution >= 4 is 58.4 Å². The zero-order valence-electron chi connectivity index (χ0n) is 15.7. The molecule has 1 atom stereocenters. The van der Waals surface area contributed by atoms with Gasteiger partial charge in [0.25, 0.3) is 0 Å². The topological polar surface area (TPSA) is 42.7 Å². The zero-order valence-corrected chi connectivity index (χ0v) is 18.7. The van der Waals surface area contributed by atoms with Gasteiger partial charge < -0.3 is 5.32 Å². The Morgan fingerprint density at radius 1 is 0.967 bits per heavy atom. The number of benzene rings is 2. The Balaban J connectivity index is 1.66. The molecule has 1 unspecified atom stereocenters. The molecular weight excluding hydrogens is 462 g/mol. The predicted octanol–water partition coefficient (Wildman–Crippen LogP) is 7.43. The maximum atomic E-state index is 6.60. The molecule has 8 heteroatoms. The molecule has 2 aromatic carbocycles. The van der Waals surface area contributed by atoms with E-state index in [0.717, 1.165) is 36.1 Å². The zero-order chi connectivity index (χ0) is 20.8. The molecule has 2 aliphatic rings. The number of hydrogen-bond acceptors (Lipinski definition) is 3. The third-order valence-corrected chi connectivity index (χ3v) is 6.59. The van der Waals surface area contributed by atoms with Gasteiger partial charge in [-0.15, -0.1) is 0 Å². The number of fused-ring (bicyclic) bond motifs is 1. The molecule has 0 saturated heterocycles. The van der Waals surface area contributed by atoms with Gasteiger partial charge in [0.15, 0.2) is 0 Å². The summed E-state index contributed by atoms with van der Waals surface area (Å²) in [6.07, 6.45) is 6.55. The number of hydrogen-bond donors (Lipinski definition) is 1. The fourth-order valence-electron chi connectivity index (χ4n) is 4.14. The quantitative estimate of drug-likeness (QED) is 0.417. The van der Waals surface area contributed by atoms with Crippen LogP contribution in [0.25, 0.3) is 6.08 Å². The molecule has 4 nitrogen and oxygen atoms in total. The Kier molecular flexibility index (Phi) is 5.28. The molecule has 152 valence electrons. The van der Waals surface area contributed by atoms with Gasteiger partial charge in [0.05, 0.1) is 0 Å². The molecule has 2 heterocycles. The molecule has 30 heavy (non-hydrogen) atoms. The third-order valence-electron chi connectivity index (χ3n) is 5.47. The Morgan fingerprint density at radius 2 is 1.73 bits per heavy atom. The first-order chi connectivity index (χ1) is 14.5. The number of aromatic nitrogens is 3. The smallest absolute Gasteiger partial charge is 0.226 e. The van der Waals surface area contributed by atoms with Crippen LogP contribution in [0, 0.1) is 0 Å². The highest BCUT2D eigenvalue weighted by Crippen LogP contribution is 2.45. The minimum Gasteiger partial charge on any atom is -0.324 e. The molecule has 0 amide bonds. The van der Waals surface area contributed by atoms with Crippen molar-refractivity contribution < 1.29 is 0 Å². The molecule has 0 saturated carbocycles. The largest absolute Gasteiger partial charge is 0.324 e. The van der Waals surface area contributed by atoms with Crippen molar-refractivity contribution in [1.29, 1.82) is 0 Å². The van der Waals surface area contributed by atoms with Crippen molar-refractivity contribution in [2.45, 2.75) is 25.3 Å². The van der Waals surface area contributed by atoms with E-state index in [1.54, 1.807) is 18.5 Å². The molecule has 1 aliphatic heterocycles. The van der Waals surface area contributed by atoms with Gasteiger partial charge in [-0.3, -0.25) is 0 Å². The van der Waals surface area contributed by atoms with Crippen LogP contribution in [0.2, 0.25) is 20.1 Å². The standard InChI is InChI=1S/C22H16Cl4N4/c23-14-5-4-12(18(25)9-14)8-13-2-1-3-17-20(13)29-22-27-11-28-30(22)21(17)16-7-6-15(24)10-19(16)26/h4-11,21H,1-3H2,(H,27,28,29). The van der Waals surface area contributed by atoms with Crippen LogP contribution in [0.1, 0.15) is 36.4 Å². The lowest BCUT2D eigenvalue weighted by Crippen LogP contribution is -2.28. The van der Waals surface area contributed by atoms with E-state index >= 15 is 0 Å². The van der Waals surface area contributed by atoms with Crippen LogP contribution < -0.4 is 5.32 Å². The van der Waals surface area contributed by atoms with E-state index in [0.29, 0.717) is 26.0 Å². The molecule has 1 aromatic heterocycles. The van der Waals surface area contributed by atoms with E-state index in [1.807, 2.05) is 28.9 Å². The van der Waals surface area contributed by atoms with Crippen LogP contribution in [0.4, 0.5) is 5.95 Å². The number of rotatable bonds is 2. The lowest BCUT2D eigenvalue weighted by atomic mass is 9.83. The maximum Gasteiger partial charge on any atom is 0.226 e. The van der Waals surface area contributed by atoms with Gasteiger partial charge in [-0.25, -0.2) is 4.68 Å². The molecule has 3 aromatic rings. The fraction of sp³-hybridized carbons (Fsp3) is 0.182.